The Morgan fingerprint density at radius 1 is 0.808 bits per heavy atom. The summed E-state index contributed by atoms with van der Waals surface area (Å²) in [6.07, 6.45) is 0.847. The summed E-state index contributed by atoms with van der Waals surface area (Å²) >= 11 is 0. The van der Waals surface area contributed by atoms with Gasteiger partial charge >= 0.3 is 0 Å². The molecule has 26 heavy (non-hydrogen) atoms. The average Bonchev–Trinajstić information content (AvgIpc) is 3.09. The van der Waals surface area contributed by atoms with Crippen LogP contribution in [-0.4, -0.2) is 9.55 Å². The third-order valence-electron chi connectivity index (χ3n) is 4.88. The predicted octanol–water partition coefficient (Wildman–Crippen LogP) is 5.08. The molecule has 3 heteroatoms. The molecule has 0 bridgehead atoms. The van der Waals surface area contributed by atoms with Gasteiger partial charge in [-0.15, -0.1) is 0 Å². The van der Waals surface area contributed by atoms with Crippen molar-refractivity contribution in [1.29, 1.82) is 0 Å². The summed E-state index contributed by atoms with van der Waals surface area (Å²) in [7, 11) is 0. The van der Waals surface area contributed by atoms with Crippen molar-refractivity contribution in [2.24, 2.45) is 5.73 Å². The number of aromatic nitrogens is 2. The molecule has 130 valence electrons. The zero-order chi connectivity index (χ0) is 17.9. The number of hydrogen-bond donors (Lipinski definition) is 1. The maximum atomic E-state index is 6.47. The molecule has 0 saturated heterocycles. The van der Waals surface area contributed by atoms with E-state index in [9.17, 15) is 0 Å². The highest BCUT2D eigenvalue weighted by molar-refractivity contribution is 5.76. The summed E-state index contributed by atoms with van der Waals surface area (Å²) < 4.78 is 2.31. The maximum Gasteiger partial charge on any atom is 0.127 e. The molecule has 1 aromatic heterocycles. The fourth-order valence-electron chi connectivity index (χ4n) is 3.54. The zero-order valence-corrected chi connectivity index (χ0v) is 14.9. The fraction of sp³-hybridized carbons (Fsp3) is 0.174. The lowest BCUT2D eigenvalue weighted by atomic mass is 9.97. The summed E-state index contributed by atoms with van der Waals surface area (Å²) in [5.41, 5.74) is 11.0. The number of fused-ring (bicyclic) bond motifs is 1. The van der Waals surface area contributed by atoms with Crippen molar-refractivity contribution < 1.29 is 0 Å². The Hall–Kier alpha value is -2.91. The van der Waals surface area contributed by atoms with Gasteiger partial charge in [0.1, 0.15) is 5.82 Å². The summed E-state index contributed by atoms with van der Waals surface area (Å²) in [6.45, 7) is 2.11. The second kappa shape index (κ2) is 7.14. The third-order valence-corrected chi connectivity index (χ3v) is 4.88. The highest BCUT2D eigenvalue weighted by Gasteiger charge is 2.24. The number of hydrogen-bond acceptors (Lipinski definition) is 2. The second-order valence-corrected chi connectivity index (χ2v) is 6.57. The monoisotopic (exact) mass is 341 g/mol. The summed E-state index contributed by atoms with van der Waals surface area (Å²) in [4.78, 5) is 4.89. The summed E-state index contributed by atoms with van der Waals surface area (Å²) in [5, 5.41) is 0. The molecule has 0 saturated carbocycles. The van der Waals surface area contributed by atoms with Crippen molar-refractivity contribution in [3.8, 4) is 0 Å². The standard InChI is InChI=1S/C23H23N3/c1-2-19(24)23-25-20-15-9-10-16-21(20)26(23)22(17-11-5-3-6-12-17)18-13-7-4-8-14-18/h3-16,19,22H,2,24H2,1H3. The van der Waals surface area contributed by atoms with Crippen LogP contribution in [-0.2, 0) is 0 Å². The molecular formula is C23H23N3. The van der Waals surface area contributed by atoms with Crippen molar-refractivity contribution in [2.45, 2.75) is 25.4 Å². The largest absolute Gasteiger partial charge is 0.321 e. The van der Waals surface area contributed by atoms with Crippen LogP contribution in [0.5, 0.6) is 0 Å². The molecule has 0 fully saturated rings. The Morgan fingerprint density at radius 2 is 1.35 bits per heavy atom. The molecule has 0 spiro atoms. The van der Waals surface area contributed by atoms with Gasteiger partial charge in [-0.1, -0.05) is 79.7 Å². The predicted molar refractivity (Wildman–Crippen MR) is 107 cm³/mol. The van der Waals surface area contributed by atoms with Crippen LogP contribution < -0.4 is 5.73 Å². The van der Waals surface area contributed by atoms with Crippen LogP contribution in [0.1, 0.15) is 42.4 Å². The van der Waals surface area contributed by atoms with Gasteiger partial charge in [0.2, 0.25) is 0 Å². The topological polar surface area (TPSA) is 43.8 Å². The van der Waals surface area contributed by atoms with Crippen LogP contribution in [0.25, 0.3) is 11.0 Å². The molecule has 0 aliphatic carbocycles. The Morgan fingerprint density at radius 3 is 1.92 bits per heavy atom. The molecule has 3 nitrogen and oxygen atoms in total. The molecule has 0 radical (unpaired) electrons. The van der Waals surface area contributed by atoms with Crippen molar-refractivity contribution >= 4 is 11.0 Å². The van der Waals surface area contributed by atoms with Gasteiger partial charge in [-0.3, -0.25) is 0 Å². The van der Waals surface area contributed by atoms with Crippen molar-refractivity contribution in [3.63, 3.8) is 0 Å². The fourth-order valence-corrected chi connectivity index (χ4v) is 3.54. The van der Waals surface area contributed by atoms with Gasteiger partial charge in [-0.2, -0.15) is 0 Å². The Kier molecular flexibility index (Phi) is 4.55. The van der Waals surface area contributed by atoms with E-state index in [1.165, 1.54) is 11.1 Å². The van der Waals surface area contributed by atoms with E-state index in [1.54, 1.807) is 0 Å². The van der Waals surface area contributed by atoms with Gasteiger partial charge in [-0.25, -0.2) is 4.98 Å². The number of para-hydroxylation sites is 2. The van der Waals surface area contributed by atoms with Gasteiger partial charge in [0, 0.05) is 0 Å². The van der Waals surface area contributed by atoms with Gasteiger partial charge in [-0.05, 0) is 29.7 Å². The minimum Gasteiger partial charge on any atom is -0.321 e. The second-order valence-electron chi connectivity index (χ2n) is 6.57. The van der Waals surface area contributed by atoms with Crippen LogP contribution in [0.4, 0.5) is 0 Å². The summed E-state index contributed by atoms with van der Waals surface area (Å²) in [6, 6.07) is 29.4. The highest BCUT2D eigenvalue weighted by Crippen LogP contribution is 2.33. The van der Waals surface area contributed by atoms with Crippen LogP contribution >= 0.6 is 0 Å². The van der Waals surface area contributed by atoms with E-state index < -0.39 is 0 Å². The van der Waals surface area contributed by atoms with Crippen molar-refractivity contribution in [3.05, 3.63) is 102 Å². The molecule has 1 heterocycles. The van der Waals surface area contributed by atoms with E-state index in [-0.39, 0.29) is 12.1 Å². The Labute approximate surface area is 154 Å². The first-order valence-electron chi connectivity index (χ1n) is 9.12. The smallest absolute Gasteiger partial charge is 0.127 e. The lowest BCUT2D eigenvalue weighted by molar-refractivity contribution is 0.571. The number of nitrogens with two attached hydrogens (primary N) is 1. The molecule has 2 N–H and O–H groups in total. The van der Waals surface area contributed by atoms with Crippen LogP contribution in [0.3, 0.4) is 0 Å². The van der Waals surface area contributed by atoms with Crippen LogP contribution in [0.2, 0.25) is 0 Å². The normalized spacial score (nSPS) is 12.6. The lowest BCUT2D eigenvalue weighted by Crippen LogP contribution is -2.21. The van der Waals surface area contributed by atoms with E-state index in [1.807, 2.05) is 6.07 Å². The van der Waals surface area contributed by atoms with E-state index in [4.69, 9.17) is 10.7 Å². The summed E-state index contributed by atoms with van der Waals surface area (Å²) in [5.74, 6) is 0.936. The van der Waals surface area contributed by atoms with E-state index in [0.29, 0.717) is 0 Å². The van der Waals surface area contributed by atoms with E-state index in [2.05, 4.69) is 90.4 Å². The maximum absolute atomic E-state index is 6.47. The molecule has 0 amide bonds. The van der Waals surface area contributed by atoms with Crippen molar-refractivity contribution in [1.82, 2.24) is 9.55 Å². The third kappa shape index (κ3) is 2.91. The number of imidazole rings is 1. The molecule has 0 aliphatic rings. The number of benzene rings is 3. The first kappa shape index (κ1) is 16.6. The molecule has 1 atom stereocenters. The van der Waals surface area contributed by atoms with Gasteiger partial charge < -0.3 is 10.3 Å². The number of rotatable bonds is 5. The average molecular weight is 341 g/mol. The van der Waals surface area contributed by atoms with Gasteiger partial charge in [0.25, 0.3) is 0 Å². The molecule has 0 aliphatic heterocycles. The lowest BCUT2D eigenvalue weighted by Gasteiger charge is -2.24. The Balaban J connectivity index is 2.02. The zero-order valence-electron chi connectivity index (χ0n) is 14.9. The van der Waals surface area contributed by atoms with Crippen LogP contribution in [0.15, 0.2) is 84.9 Å². The number of nitrogens with zero attached hydrogens (tertiary/aromatic N) is 2. The molecule has 4 rings (SSSR count). The van der Waals surface area contributed by atoms with E-state index >= 15 is 0 Å². The molecule has 4 aromatic rings. The van der Waals surface area contributed by atoms with Gasteiger partial charge in [0.15, 0.2) is 0 Å². The van der Waals surface area contributed by atoms with Crippen LogP contribution in [0, 0.1) is 0 Å². The first-order chi connectivity index (χ1) is 12.8. The minimum atomic E-state index is -0.0997. The van der Waals surface area contributed by atoms with Crippen molar-refractivity contribution in [2.75, 3.05) is 0 Å². The highest BCUT2D eigenvalue weighted by atomic mass is 15.1. The SMILES string of the molecule is CCC(N)c1nc2ccccc2n1C(c1ccccc1)c1ccccc1. The van der Waals surface area contributed by atoms with Gasteiger partial charge in [0.05, 0.1) is 23.1 Å². The quantitative estimate of drug-likeness (QED) is 0.550. The van der Waals surface area contributed by atoms with E-state index in [0.717, 1.165) is 23.3 Å². The molecule has 1 unspecified atom stereocenters. The first-order valence-corrected chi connectivity index (χ1v) is 9.12. The minimum absolute atomic E-state index is 0.0393. The Bertz CT molecular complexity index is 950. The molecule has 3 aromatic carbocycles. The molecular weight excluding hydrogens is 318 g/mol.